The second-order valence-electron chi connectivity index (χ2n) is 3.96. The van der Waals surface area contributed by atoms with Crippen LogP contribution in [0.3, 0.4) is 0 Å². The maximum Gasteiger partial charge on any atom is 0.326 e. The molecule has 0 saturated carbocycles. The molecule has 7 nitrogen and oxygen atoms in total. The third-order valence-electron chi connectivity index (χ3n) is 2.51. The van der Waals surface area contributed by atoms with Crippen molar-refractivity contribution in [1.82, 2.24) is 20.2 Å². The zero-order valence-corrected chi connectivity index (χ0v) is 10.5. The number of carbonyl (C=O) groups is 2. The van der Waals surface area contributed by atoms with Gasteiger partial charge in [0.25, 0.3) is 0 Å². The predicted molar refractivity (Wildman–Crippen MR) is 64.9 cm³/mol. The van der Waals surface area contributed by atoms with E-state index in [0.29, 0.717) is 18.7 Å². The summed E-state index contributed by atoms with van der Waals surface area (Å²) in [7, 11) is 1.82. The van der Waals surface area contributed by atoms with Crippen LogP contribution in [-0.4, -0.2) is 32.7 Å². The molecule has 1 aromatic heterocycles. The van der Waals surface area contributed by atoms with Crippen LogP contribution >= 0.6 is 0 Å². The molecule has 0 aliphatic heterocycles. The standard InChI is InChI=1S/C11H18N4O3/c1-3-4-8(10(16)17)14-11(18)13-7-9-12-5-6-15(9)2/h5-6,8H,3-4,7H2,1-2H3,(H,16,17)(H2,13,14,18). The first-order chi connectivity index (χ1) is 8.54. The molecule has 1 unspecified atom stereocenters. The Hall–Kier alpha value is -2.05. The summed E-state index contributed by atoms with van der Waals surface area (Å²) in [5.74, 6) is -0.323. The highest BCUT2D eigenvalue weighted by molar-refractivity contribution is 5.82. The first kappa shape index (κ1) is 14.0. The summed E-state index contributed by atoms with van der Waals surface area (Å²) in [6.07, 6.45) is 4.50. The average molecular weight is 254 g/mol. The van der Waals surface area contributed by atoms with E-state index >= 15 is 0 Å². The number of amides is 2. The fourth-order valence-corrected chi connectivity index (χ4v) is 1.48. The average Bonchev–Trinajstić information content (AvgIpc) is 2.71. The van der Waals surface area contributed by atoms with Gasteiger partial charge >= 0.3 is 12.0 Å². The van der Waals surface area contributed by atoms with Crippen LogP contribution < -0.4 is 10.6 Å². The molecule has 100 valence electrons. The Morgan fingerprint density at radius 1 is 1.56 bits per heavy atom. The Balaban J connectivity index is 2.41. The number of rotatable bonds is 6. The van der Waals surface area contributed by atoms with E-state index < -0.39 is 18.0 Å². The van der Waals surface area contributed by atoms with Crippen molar-refractivity contribution < 1.29 is 14.7 Å². The Bertz CT molecular complexity index is 416. The summed E-state index contributed by atoms with van der Waals surface area (Å²) in [5, 5.41) is 13.9. The smallest absolute Gasteiger partial charge is 0.326 e. The van der Waals surface area contributed by atoms with Crippen LogP contribution in [0.1, 0.15) is 25.6 Å². The van der Waals surface area contributed by atoms with Gasteiger partial charge in [-0.05, 0) is 6.42 Å². The monoisotopic (exact) mass is 254 g/mol. The van der Waals surface area contributed by atoms with E-state index in [-0.39, 0.29) is 6.54 Å². The van der Waals surface area contributed by atoms with Crippen LogP contribution in [0, 0.1) is 0 Å². The topological polar surface area (TPSA) is 96.3 Å². The zero-order valence-electron chi connectivity index (χ0n) is 10.5. The van der Waals surface area contributed by atoms with Crippen LogP contribution in [0.15, 0.2) is 12.4 Å². The molecule has 18 heavy (non-hydrogen) atoms. The maximum absolute atomic E-state index is 11.5. The van der Waals surface area contributed by atoms with E-state index in [1.807, 2.05) is 14.0 Å². The lowest BCUT2D eigenvalue weighted by Gasteiger charge is -2.14. The van der Waals surface area contributed by atoms with Gasteiger partial charge in [0.15, 0.2) is 0 Å². The Kier molecular flexibility index (Phi) is 5.16. The summed E-state index contributed by atoms with van der Waals surface area (Å²) in [6.45, 7) is 2.12. The number of urea groups is 1. The van der Waals surface area contributed by atoms with Crippen molar-refractivity contribution >= 4 is 12.0 Å². The maximum atomic E-state index is 11.5. The fraction of sp³-hybridized carbons (Fsp3) is 0.545. The summed E-state index contributed by atoms with van der Waals surface area (Å²) < 4.78 is 1.78. The van der Waals surface area contributed by atoms with Gasteiger partial charge in [0, 0.05) is 19.4 Å². The number of hydrogen-bond acceptors (Lipinski definition) is 3. The van der Waals surface area contributed by atoms with Gasteiger partial charge in [-0.3, -0.25) is 0 Å². The molecule has 0 aliphatic carbocycles. The lowest BCUT2D eigenvalue weighted by molar-refractivity contribution is -0.139. The van der Waals surface area contributed by atoms with Crippen molar-refractivity contribution in [2.24, 2.45) is 7.05 Å². The number of carboxylic acids is 1. The van der Waals surface area contributed by atoms with Gasteiger partial charge in [-0.15, -0.1) is 0 Å². The number of nitrogens with one attached hydrogen (secondary N) is 2. The molecule has 0 aromatic carbocycles. The van der Waals surface area contributed by atoms with Gasteiger partial charge in [-0.1, -0.05) is 13.3 Å². The molecule has 7 heteroatoms. The number of imidazole rings is 1. The van der Waals surface area contributed by atoms with Gasteiger partial charge in [-0.2, -0.15) is 0 Å². The Labute approximate surface area is 105 Å². The molecular weight excluding hydrogens is 236 g/mol. The van der Waals surface area contributed by atoms with E-state index in [9.17, 15) is 9.59 Å². The first-order valence-corrected chi connectivity index (χ1v) is 5.78. The summed E-state index contributed by atoms with van der Waals surface area (Å²) in [5.41, 5.74) is 0. The van der Waals surface area contributed by atoms with Crippen molar-refractivity contribution in [3.05, 3.63) is 18.2 Å². The largest absolute Gasteiger partial charge is 0.480 e. The molecule has 3 N–H and O–H groups in total. The molecule has 0 bridgehead atoms. The van der Waals surface area contributed by atoms with Crippen LogP contribution in [0.2, 0.25) is 0 Å². The number of aliphatic carboxylic acids is 1. The summed E-state index contributed by atoms with van der Waals surface area (Å²) >= 11 is 0. The van der Waals surface area contributed by atoms with Crippen molar-refractivity contribution in [3.63, 3.8) is 0 Å². The number of aryl methyl sites for hydroxylation is 1. The van der Waals surface area contributed by atoms with E-state index in [1.165, 1.54) is 0 Å². The fourth-order valence-electron chi connectivity index (χ4n) is 1.48. The van der Waals surface area contributed by atoms with Crippen molar-refractivity contribution in [2.45, 2.75) is 32.4 Å². The number of nitrogens with zero attached hydrogens (tertiary/aromatic N) is 2. The van der Waals surface area contributed by atoms with Crippen LogP contribution in [0.5, 0.6) is 0 Å². The highest BCUT2D eigenvalue weighted by atomic mass is 16.4. The van der Waals surface area contributed by atoms with E-state index in [2.05, 4.69) is 15.6 Å². The molecular formula is C11H18N4O3. The highest BCUT2D eigenvalue weighted by Gasteiger charge is 2.18. The number of aromatic nitrogens is 2. The number of carbonyl (C=O) groups excluding carboxylic acids is 1. The third kappa shape index (κ3) is 4.08. The van der Waals surface area contributed by atoms with Crippen molar-refractivity contribution in [1.29, 1.82) is 0 Å². The molecule has 0 radical (unpaired) electrons. The van der Waals surface area contributed by atoms with Crippen molar-refractivity contribution in [2.75, 3.05) is 0 Å². The van der Waals surface area contributed by atoms with Crippen LogP contribution in [0.4, 0.5) is 4.79 Å². The SMILES string of the molecule is CCCC(NC(=O)NCc1nccn1C)C(=O)O. The zero-order chi connectivity index (χ0) is 13.5. The van der Waals surface area contributed by atoms with E-state index in [0.717, 1.165) is 0 Å². The molecule has 2 amide bonds. The second-order valence-corrected chi connectivity index (χ2v) is 3.96. The molecule has 1 aromatic rings. The third-order valence-corrected chi connectivity index (χ3v) is 2.51. The van der Waals surface area contributed by atoms with E-state index in [1.54, 1.807) is 17.0 Å². The van der Waals surface area contributed by atoms with Gasteiger partial charge < -0.3 is 20.3 Å². The minimum absolute atomic E-state index is 0.258. The minimum Gasteiger partial charge on any atom is -0.480 e. The van der Waals surface area contributed by atoms with Gasteiger partial charge in [0.05, 0.1) is 6.54 Å². The highest BCUT2D eigenvalue weighted by Crippen LogP contribution is 1.97. The predicted octanol–water partition coefficient (Wildman–Crippen LogP) is 0.473. The number of hydrogen-bond donors (Lipinski definition) is 3. The summed E-state index contributed by atoms with van der Waals surface area (Å²) in [4.78, 5) is 26.4. The van der Waals surface area contributed by atoms with Gasteiger partial charge in [0.2, 0.25) is 0 Å². The summed E-state index contributed by atoms with van der Waals surface area (Å²) in [6, 6.07) is -1.35. The number of carboxylic acid groups (broad SMARTS) is 1. The normalized spacial score (nSPS) is 11.9. The minimum atomic E-state index is -1.02. The van der Waals surface area contributed by atoms with E-state index in [4.69, 9.17) is 5.11 Å². The second kappa shape index (κ2) is 6.63. The van der Waals surface area contributed by atoms with Crippen LogP contribution in [0.25, 0.3) is 0 Å². The molecule has 1 rings (SSSR count). The first-order valence-electron chi connectivity index (χ1n) is 5.78. The molecule has 0 fully saturated rings. The molecule has 0 spiro atoms. The van der Waals surface area contributed by atoms with Gasteiger partial charge in [-0.25, -0.2) is 14.6 Å². The van der Waals surface area contributed by atoms with Crippen LogP contribution in [-0.2, 0) is 18.4 Å². The Morgan fingerprint density at radius 3 is 2.78 bits per heavy atom. The Morgan fingerprint density at radius 2 is 2.28 bits per heavy atom. The lowest BCUT2D eigenvalue weighted by atomic mass is 10.2. The molecule has 0 aliphatic rings. The van der Waals surface area contributed by atoms with Gasteiger partial charge in [0.1, 0.15) is 11.9 Å². The molecule has 1 atom stereocenters. The molecule has 1 heterocycles. The molecule has 0 saturated heterocycles. The lowest BCUT2D eigenvalue weighted by Crippen LogP contribution is -2.45. The van der Waals surface area contributed by atoms with Crippen molar-refractivity contribution in [3.8, 4) is 0 Å². The quantitative estimate of drug-likeness (QED) is 0.687.